The lowest BCUT2D eigenvalue weighted by Crippen LogP contribution is -2.47. The summed E-state index contributed by atoms with van der Waals surface area (Å²) in [6.07, 6.45) is 1.40. The highest BCUT2D eigenvalue weighted by molar-refractivity contribution is 4.95. The van der Waals surface area contributed by atoms with Crippen LogP contribution in [0.4, 0.5) is 0 Å². The first-order chi connectivity index (χ1) is 4.60. The zero-order valence-electron chi connectivity index (χ0n) is 6.67. The highest BCUT2D eigenvalue weighted by Gasteiger charge is 2.45. The molecule has 0 atom stereocenters. The third kappa shape index (κ3) is 1.06. The van der Waals surface area contributed by atoms with Crippen molar-refractivity contribution < 1.29 is 10.2 Å². The van der Waals surface area contributed by atoms with Gasteiger partial charge in [0.15, 0.2) is 0 Å². The second kappa shape index (κ2) is 2.51. The Bertz CT molecular complexity index is 114. The van der Waals surface area contributed by atoms with Crippen LogP contribution in [0.2, 0.25) is 0 Å². The largest absolute Gasteiger partial charge is 0.396 e. The van der Waals surface area contributed by atoms with Crippen LogP contribution in [0.25, 0.3) is 0 Å². The van der Waals surface area contributed by atoms with Gasteiger partial charge in [-0.05, 0) is 18.8 Å². The molecule has 2 nitrogen and oxygen atoms in total. The van der Waals surface area contributed by atoms with Gasteiger partial charge in [0.05, 0.1) is 6.10 Å². The van der Waals surface area contributed by atoms with Crippen molar-refractivity contribution in [3.63, 3.8) is 0 Å². The number of hydrogen-bond donors (Lipinski definition) is 2. The average molecular weight is 144 g/mol. The molecule has 0 radical (unpaired) electrons. The fraction of sp³-hybridized carbons (Fsp3) is 1.00. The number of aliphatic hydroxyl groups is 2. The van der Waals surface area contributed by atoms with Crippen LogP contribution in [-0.4, -0.2) is 22.9 Å². The minimum Gasteiger partial charge on any atom is -0.396 e. The Morgan fingerprint density at radius 3 is 2.10 bits per heavy atom. The predicted octanol–water partition coefficient (Wildman–Crippen LogP) is 0.776. The van der Waals surface area contributed by atoms with Gasteiger partial charge in [0, 0.05) is 12.0 Å². The van der Waals surface area contributed by atoms with E-state index < -0.39 is 0 Å². The van der Waals surface area contributed by atoms with Crippen molar-refractivity contribution in [2.75, 3.05) is 6.61 Å². The molecule has 0 bridgehead atoms. The van der Waals surface area contributed by atoms with Gasteiger partial charge in [-0.25, -0.2) is 0 Å². The van der Waals surface area contributed by atoms with Crippen LogP contribution >= 0.6 is 0 Å². The first kappa shape index (κ1) is 8.02. The number of aliphatic hydroxyl groups excluding tert-OH is 2. The molecule has 0 heterocycles. The smallest absolute Gasteiger partial charge is 0.0552 e. The minimum atomic E-state index is -0.158. The van der Waals surface area contributed by atoms with E-state index in [-0.39, 0.29) is 18.1 Å². The van der Waals surface area contributed by atoms with Gasteiger partial charge in [-0.15, -0.1) is 0 Å². The van der Waals surface area contributed by atoms with E-state index in [4.69, 9.17) is 10.2 Å². The van der Waals surface area contributed by atoms with Gasteiger partial charge in [0.2, 0.25) is 0 Å². The molecule has 0 amide bonds. The Labute approximate surface area is 61.9 Å². The van der Waals surface area contributed by atoms with Crippen molar-refractivity contribution in [3.05, 3.63) is 0 Å². The van der Waals surface area contributed by atoms with Crippen molar-refractivity contribution in [3.8, 4) is 0 Å². The van der Waals surface area contributed by atoms with Gasteiger partial charge >= 0.3 is 0 Å². The maximum absolute atomic E-state index is 9.05. The van der Waals surface area contributed by atoms with E-state index in [2.05, 4.69) is 13.8 Å². The average Bonchev–Trinajstić information content (AvgIpc) is 1.79. The predicted molar refractivity (Wildman–Crippen MR) is 39.6 cm³/mol. The van der Waals surface area contributed by atoms with E-state index in [9.17, 15) is 0 Å². The molecule has 0 saturated heterocycles. The summed E-state index contributed by atoms with van der Waals surface area (Å²) < 4.78 is 0. The monoisotopic (exact) mass is 144 g/mol. The van der Waals surface area contributed by atoms with Gasteiger partial charge in [-0.1, -0.05) is 13.8 Å². The standard InChI is InChI=1S/C8H16O2/c1-6(2)8(5-9)3-7(10)4-8/h6-7,9-10H,3-5H2,1-2H3. The summed E-state index contributed by atoms with van der Waals surface area (Å²) in [7, 11) is 0. The fourth-order valence-electron chi connectivity index (χ4n) is 1.66. The molecular formula is C8H16O2. The van der Waals surface area contributed by atoms with Crippen molar-refractivity contribution >= 4 is 0 Å². The van der Waals surface area contributed by atoms with Crippen molar-refractivity contribution in [2.45, 2.75) is 32.8 Å². The molecule has 0 aliphatic heterocycles. The molecule has 60 valence electrons. The van der Waals surface area contributed by atoms with E-state index in [1.54, 1.807) is 0 Å². The lowest BCUT2D eigenvalue weighted by atomic mass is 9.61. The second-order valence-corrected chi connectivity index (χ2v) is 3.74. The molecule has 0 unspecified atom stereocenters. The van der Waals surface area contributed by atoms with Crippen LogP contribution in [0.5, 0.6) is 0 Å². The minimum absolute atomic E-state index is 0.0411. The molecule has 1 fully saturated rings. The third-order valence-electron chi connectivity index (χ3n) is 2.82. The molecule has 0 spiro atoms. The molecule has 1 aliphatic carbocycles. The summed E-state index contributed by atoms with van der Waals surface area (Å²) in [5.41, 5.74) is 0.0411. The van der Waals surface area contributed by atoms with Gasteiger partial charge in [-0.2, -0.15) is 0 Å². The Morgan fingerprint density at radius 2 is 2.00 bits per heavy atom. The molecule has 0 aromatic heterocycles. The van der Waals surface area contributed by atoms with Crippen molar-refractivity contribution in [1.82, 2.24) is 0 Å². The maximum atomic E-state index is 9.05. The molecule has 2 N–H and O–H groups in total. The molecule has 10 heavy (non-hydrogen) atoms. The van der Waals surface area contributed by atoms with Crippen LogP contribution in [0.1, 0.15) is 26.7 Å². The van der Waals surface area contributed by atoms with Gasteiger partial charge in [0.1, 0.15) is 0 Å². The summed E-state index contributed by atoms with van der Waals surface area (Å²) in [5, 5.41) is 18.1. The summed E-state index contributed by atoms with van der Waals surface area (Å²) in [6.45, 7) is 4.42. The Kier molecular flexibility index (Phi) is 2.02. The van der Waals surface area contributed by atoms with E-state index in [0.29, 0.717) is 5.92 Å². The molecule has 0 aromatic rings. The Morgan fingerprint density at radius 1 is 1.50 bits per heavy atom. The van der Waals surface area contributed by atoms with Crippen LogP contribution in [0, 0.1) is 11.3 Å². The SMILES string of the molecule is CC(C)C1(CO)CC(O)C1. The molecule has 0 aromatic carbocycles. The first-order valence-corrected chi connectivity index (χ1v) is 3.89. The van der Waals surface area contributed by atoms with Gasteiger partial charge < -0.3 is 10.2 Å². The van der Waals surface area contributed by atoms with Crippen LogP contribution < -0.4 is 0 Å². The highest BCUT2D eigenvalue weighted by Crippen LogP contribution is 2.46. The maximum Gasteiger partial charge on any atom is 0.0552 e. The second-order valence-electron chi connectivity index (χ2n) is 3.74. The van der Waals surface area contributed by atoms with Crippen LogP contribution in [-0.2, 0) is 0 Å². The number of rotatable bonds is 2. The lowest BCUT2D eigenvalue weighted by molar-refractivity contribution is -0.0918. The zero-order valence-corrected chi connectivity index (χ0v) is 6.67. The van der Waals surface area contributed by atoms with E-state index in [0.717, 1.165) is 12.8 Å². The molecular weight excluding hydrogens is 128 g/mol. The summed E-state index contributed by atoms with van der Waals surface area (Å²) in [5.74, 6) is 0.487. The Hall–Kier alpha value is -0.0800. The summed E-state index contributed by atoms with van der Waals surface area (Å²) >= 11 is 0. The normalized spacial score (nSPS) is 39.9. The summed E-state index contributed by atoms with van der Waals surface area (Å²) in [6, 6.07) is 0. The van der Waals surface area contributed by atoms with Crippen molar-refractivity contribution in [2.24, 2.45) is 11.3 Å². The lowest BCUT2D eigenvalue weighted by Gasteiger charge is -2.47. The zero-order chi connectivity index (χ0) is 7.78. The Balaban J connectivity index is 2.48. The topological polar surface area (TPSA) is 40.5 Å². The quantitative estimate of drug-likeness (QED) is 0.601. The fourth-order valence-corrected chi connectivity index (χ4v) is 1.66. The molecule has 1 saturated carbocycles. The highest BCUT2D eigenvalue weighted by atomic mass is 16.3. The van der Waals surface area contributed by atoms with Gasteiger partial charge in [-0.3, -0.25) is 0 Å². The van der Waals surface area contributed by atoms with Crippen molar-refractivity contribution in [1.29, 1.82) is 0 Å². The van der Waals surface area contributed by atoms with Crippen LogP contribution in [0.3, 0.4) is 0 Å². The molecule has 1 rings (SSSR count). The molecule has 2 heteroatoms. The molecule has 1 aliphatic rings. The summed E-state index contributed by atoms with van der Waals surface area (Å²) in [4.78, 5) is 0. The van der Waals surface area contributed by atoms with E-state index in [1.165, 1.54) is 0 Å². The van der Waals surface area contributed by atoms with Crippen LogP contribution in [0.15, 0.2) is 0 Å². The third-order valence-corrected chi connectivity index (χ3v) is 2.82. The van der Waals surface area contributed by atoms with Gasteiger partial charge in [0.25, 0.3) is 0 Å². The van der Waals surface area contributed by atoms with E-state index >= 15 is 0 Å². The number of hydrogen-bond acceptors (Lipinski definition) is 2. The van der Waals surface area contributed by atoms with E-state index in [1.807, 2.05) is 0 Å². The first-order valence-electron chi connectivity index (χ1n) is 3.89.